The van der Waals surface area contributed by atoms with Crippen LogP contribution in [-0.4, -0.2) is 59.4 Å². The Morgan fingerprint density at radius 2 is 2.00 bits per heavy atom. The van der Waals surface area contributed by atoms with Gasteiger partial charge in [0, 0.05) is 24.0 Å². The predicted molar refractivity (Wildman–Crippen MR) is 119 cm³/mol. The minimum atomic E-state index is -0.652. The van der Waals surface area contributed by atoms with Crippen molar-refractivity contribution >= 4 is 29.4 Å². The third-order valence-corrected chi connectivity index (χ3v) is 7.02. The molecule has 3 heterocycles. The van der Waals surface area contributed by atoms with Crippen LogP contribution in [0.3, 0.4) is 0 Å². The van der Waals surface area contributed by atoms with E-state index in [4.69, 9.17) is 11.6 Å². The zero-order valence-corrected chi connectivity index (χ0v) is 18.6. The summed E-state index contributed by atoms with van der Waals surface area (Å²) in [5, 5.41) is 6.34. The molecule has 1 aromatic rings. The highest BCUT2D eigenvalue weighted by Gasteiger charge is 2.38. The zero-order valence-electron chi connectivity index (χ0n) is 17.8. The van der Waals surface area contributed by atoms with Crippen LogP contribution in [-0.2, 0) is 16.1 Å². The van der Waals surface area contributed by atoms with Gasteiger partial charge in [-0.25, -0.2) is 4.79 Å². The first kappa shape index (κ1) is 22.1. The molecule has 3 aliphatic heterocycles. The average Bonchev–Trinajstić information content (AvgIpc) is 3.04. The van der Waals surface area contributed by atoms with Crippen LogP contribution in [0.15, 0.2) is 24.3 Å². The number of nitrogens with one attached hydrogen (secondary N) is 2. The molecule has 3 saturated heterocycles. The number of halogens is 1. The van der Waals surface area contributed by atoms with Crippen molar-refractivity contribution in [3.63, 3.8) is 0 Å². The van der Waals surface area contributed by atoms with E-state index in [-0.39, 0.29) is 24.8 Å². The second-order valence-corrected chi connectivity index (χ2v) is 9.34. The molecule has 1 aromatic carbocycles. The van der Waals surface area contributed by atoms with Gasteiger partial charge >= 0.3 is 6.03 Å². The molecule has 0 radical (unpaired) electrons. The number of hydrogen-bond acceptors (Lipinski definition) is 4. The maximum atomic E-state index is 12.7. The third kappa shape index (κ3) is 5.39. The summed E-state index contributed by atoms with van der Waals surface area (Å²) in [4.78, 5) is 41.1. The molecule has 0 aromatic heterocycles. The molecule has 8 heteroatoms. The summed E-state index contributed by atoms with van der Waals surface area (Å²) in [7, 11) is 0. The van der Waals surface area contributed by atoms with Gasteiger partial charge in [-0.15, -0.1) is 0 Å². The van der Waals surface area contributed by atoms with Crippen LogP contribution < -0.4 is 10.6 Å². The van der Waals surface area contributed by atoms with Crippen LogP contribution in [0.1, 0.15) is 50.5 Å². The molecule has 0 saturated carbocycles. The average molecular weight is 447 g/mol. The first-order valence-corrected chi connectivity index (χ1v) is 11.8. The van der Waals surface area contributed by atoms with E-state index in [1.807, 2.05) is 6.07 Å². The molecule has 0 aliphatic carbocycles. The molecule has 7 nitrogen and oxygen atoms in total. The van der Waals surface area contributed by atoms with Crippen molar-refractivity contribution < 1.29 is 14.4 Å². The van der Waals surface area contributed by atoms with E-state index < -0.39 is 12.1 Å². The molecule has 4 amide bonds. The van der Waals surface area contributed by atoms with Gasteiger partial charge in [0.1, 0.15) is 6.04 Å². The standard InChI is InChI=1S/C23H31ClN4O3/c24-18-7-3-5-16(13-18)15-28-22(30)19(26-23(28)31)9-10-21(29)25-14-17-6-4-12-27-11-2-1-8-20(17)27/h3,5,7,13,17,19-20H,1-2,4,6,8-12,14-15H2,(H,25,29)(H,26,31)/t17-,19-,20-/m0/s1. The smallest absolute Gasteiger partial charge is 0.325 e. The van der Waals surface area contributed by atoms with Gasteiger partial charge in [0.15, 0.2) is 0 Å². The number of hydrogen-bond donors (Lipinski definition) is 2. The van der Waals surface area contributed by atoms with Crippen molar-refractivity contribution in [2.45, 2.75) is 63.6 Å². The van der Waals surface area contributed by atoms with E-state index >= 15 is 0 Å². The Labute approximate surface area is 188 Å². The maximum Gasteiger partial charge on any atom is 0.325 e. The molecule has 3 fully saturated rings. The quantitative estimate of drug-likeness (QED) is 0.631. The van der Waals surface area contributed by atoms with E-state index in [1.54, 1.807) is 18.2 Å². The molecule has 31 heavy (non-hydrogen) atoms. The Hall–Kier alpha value is -2.12. The van der Waals surface area contributed by atoms with Crippen LogP contribution in [0.5, 0.6) is 0 Å². The predicted octanol–water partition coefficient (Wildman–Crippen LogP) is 2.92. The second kappa shape index (κ2) is 10.0. The van der Waals surface area contributed by atoms with Crippen LogP contribution in [0.4, 0.5) is 4.79 Å². The van der Waals surface area contributed by atoms with Crippen molar-refractivity contribution in [2.75, 3.05) is 19.6 Å². The zero-order chi connectivity index (χ0) is 21.8. The summed E-state index contributed by atoms with van der Waals surface area (Å²) in [6.07, 6.45) is 6.68. The third-order valence-electron chi connectivity index (χ3n) is 6.79. The van der Waals surface area contributed by atoms with Gasteiger partial charge in [-0.3, -0.25) is 14.5 Å². The summed E-state index contributed by atoms with van der Waals surface area (Å²) in [5.41, 5.74) is 0.790. The lowest BCUT2D eigenvalue weighted by atomic mass is 9.83. The normalized spacial score (nSPS) is 26.5. The van der Waals surface area contributed by atoms with E-state index in [2.05, 4.69) is 15.5 Å². The Morgan fingerprint density at radius 1 is 1.16 bits per heavy atom. The fraction of sp³-hybridized carbons (Fsp3) is 0.609. The first-order chi connectivity index (χ1) is 15.0. The highest BCUT2D eigenvalue weighted by molar-refractivity contribution is 6.30. The molecule has 0 spiro atoms. The summed E-state index contributed by atoms with van der Waals surface area (Å²) >= 11 is 5.99. The van der Waals surface area contributed by atoms with E-state index in [0.29, 0.717) is 29.9 Å². The Morgan fingerprint density at radius 3 is 2.84 bits per heavy atom. The van der Waals surface area contributed by atoms with Gasteiger partial charge < -0.3 is 15.5 Å². The van der Waals surface area contributed by atoms with Crippen molar-refractivity contribution in [2.24, 2.45) is 5.92 Å². The largest absolute Gasteiger partial charge is 0.356 e. The molecular weight excluding hydrogens is 416 g/mol. The molecular formula is C23H31ClN4O3. The van der Waals surface area contributed by atoms with Crippen molar-refractivity contribution in [3.8, 4) is 0 Å². The van der Waals surface area contributed by atoms with Crippen LogP contribution in [0, 0.1) is 5.92 Å². The van der Waals surface area contributed by atoms with Gasteiger partial charge in [0.05, 0.1) is 6.54 Å². The van der Waals surface area contributed by atoms with Gasteiger partial charge in [0.2, 0.25) is 5.91 Å². The second-order valence-electron chi connectivity index (χ2n) is 8.90. The van der Waals surface area contributed by atoms with Crippen LogP contribution in [0.25, 0.3) is 0 Å². The molecule has 4 rings (SSSR count). The van der Waals surface area contributed by atoms with Gasteiger partial charge in [-0.2, -0.15) is 0 Å². The summed E-state index contributed by atoms with van der Waals surface area (Å²) in [5.74, 6) is 0.171. The first-order valence-electron chi connectivity index (χ1n) is 11.4. The number of carbonyl (C=O) groups is 3. The van der Waals surface area contributed by atoms with Gasteiger partial charge in [-0.05, 0) is 68.8 Å². The molecule has 3 aliphatic rings. The number of fused-ring (bicyclic) bond motifs is 1. The molecule has 0 bridgehead atoms. The Bertz CT molecular complexity index is 831. The number of piperidine rings is 2. The van der Waals surface area contributed by atoms with E-state index in [1.165, 1.54) is 43.7 Å². The molecule has 168 valence electrons. The van der Waals surface area contributed by atoms with E-state index in [9.17, 15) is 14.4 Å². The van der Waals surface area contributed by atoms with Crippen LogP contribution in [0.2, 0.25) is 5.02 Å². The minimum absolute atomic E-state index is 0.0525. The molecule has 0 unspecified atom stereocenters. The molecule has 3 atom stereocenters. The Kier molecular flexibility index (Phi) is 7.13. The number of carbonyl (C=O) groups excluding carboxylic acids is 3. The minimum Gasteiger partial charge on any atom is -0.356 e. The van der Waals surface area contributed by atoms with Crippen molar-refractivity contribution in [1.82, 2.24) is 20.4 Å². The number of urea groups is 1. The highest BCUT2D eigenvalue weighted by Crippen LogP contribution is 2.30. The molecule has 2 N–H and O–H groups in total. The summed E-state index contributed by atoms with van der Waals surface area (Å²) < 4.78 is 0. The fourth-order valence-electron chi connectivity index (χ4n) is 5.16. The highest BCUT2D eigenvalue weighted by atomic mass is 35.5. The summed E-state index contributed by atoms with van der Waals surface area (Å²) in [6.45, 7) is 3.24. The maximum absolute atomic E-state index is 12.7. The van der Waals surface area contributed by atoms with Crippen molar-refractivity contribution in [1.29, 1.82) is 0 Å². The monoisotopic (exact) mass is 446 g/mol. The lowest BCUT2D eigenvalue weighted by Gasteiger charge is -2.44. The number of nitrogens with zero attached hydrogens (tertiary/aromatic N) is 2. The Balaban J connectivity index is 1.23. The van der Waals surface area contributed by atoms with Crippen LogP contribution >= 0.6 is 11.6 Å². The number of rotatable bonds is 7. The number of benzene rings is 1. The van der Waals surface area contributed by atoms with E-state index in [0.717, 1.165) is 12.0 Å². The SMILES string of the molecule is O=C(CC[C@@H]1NC(=O)N(Cc2cccc(Cl)c2)C1=O)NC[C@@H]1CCCN2CCCC[C@@H]12. The number of imide groups is 1. The summed E-state index contributed by atoms with van der Waals surface area (Å²) in [6, 6.07) is 6.62. The number of amides is 4. The fourth-order valence-corrected chi connectivity index (χ4v) is 5.38. The lowest BCUT2D eigenvalue weighted by molar-refractivity contribution is -0.128. The van der Waals surface area contributed by atoms with Crippen molar-refractivity contribution in [3.05, 3.63) is 34.9 Å². The van der Waals surface area contributed by atoms with Gasteiger partial charge in [-0.1, -0.05) is 30.2 Å². The topological polar surface area (TPSA) is 81.8 Å². The van der Waals surface area contributed by atoms with Gasteiger partial charge in [0.25, 0.3) is 5.91 Å². The lowest BCUT2D eigenvalue weighted by Crippen LogP contribution is -2.51.